The topological polar surface area (TPSA) is 43.1 Å². The predicted octanol–water partition coefficient (Wildman–Crippen LogP) is 3.21. The summed E-state index contributed by atoms with van der Waals surface area (Å²) in [5.41, 5.74) is 2.40. The lowest BCUT2D eigenvalue weighted by Gasteiger charge is -2.17. The Hall–Kier alpha value is -2.82. The van der Waals surface area contributed by atoms with Gasteiger partial charge in [0.1, 0.15) is 5.56 Å². The molecule has 0 radical (unpaired) electrons. The highest BCUT2D eigenvalue weighted by molar-refractivity contribution is 5.98. The molecule has 3 aromatic rings. The first-order valence-corrected chi connectivity index (χ1v) is 8.33. The average Bonchev–Trinajstić information content (AvgIpc) is 3.35. The van der Waals surface area contributed by atoms with Gasteiger partial charge < -0.3 is 9.47 Å². The zero-order chi connectivity index (χ0) is 16.5. The van der Waals surface area contributed by atoms with Crippen molar-refractivity contribution < 1.29 is 4.79 Å². The fourth-order valence-electron chi connectivity index (χ4n) is 3.31. The Balaban J connectivity index is 1.90. The minimum absolute atomic E-state index is 0.0795. The van der Waals surface area contributed by atoms with Gasteiger partial charge in [0, 0.05) is 25.5 Å². The summed E-state index contributed by atoms with van der Waals surface area (Å²) in [6.45, 7) is 3.58. The smallest absolute Gasteiger partial charge is 0.259 e. The van der Waals surface area contributed by atoms with Crippen molar-refractivity contribution in [1.82, 2.24) is 19.2 Å². The van der Waals surface area contributed by atoms with Gasteiger partial charge in [-0.3, -0.25) is 4.79 Å². The first-order valence-electron chi connectivity index (χ1n) is 8.33. The lowest BCUT2D eigenvalue weighted by molar-refractivity contribution is 0.0792. The lowest BCUT2D eigenvalue weighted by atomic mass is 10.2. The van der Waals surface area contributed by atoms with E-state index in [-0.39, 0.29) is 5.91 Å². The highest BCUT2D eigenvalue weighted by Crippen LogP contribution is 2.25. The second-order valence-corrected chi connectivity index (χ2v) is 6.12. The number of hydrogen-bond donors (Lipinski definition) is 0. The Labute approximate surface area is 141 Å². The van der Waals surface area contributed by atoms with E-state index in [0.29, 0.717) is 5.56 Å². The van der Waals surface area contributed by atoms with Gasteiger partial charge in [-0.05, 0) is 44.0 Å². The zero-order valence-electron chi connectivity index (χ0n) is 13.7. The molecule has 1 aromatic carbocycles. The molecule has 2 aromatic heterocycles. The van der Waals surface area contributed by atoms with Gasteiger partial charge in [-0.15, -0.1) is 0 Å². The van der Waals surface area contributed by atoms with Gasteiger partial charge in [-0.25, -0.2) is 4.68 Å². The Morgan fingerprint density at radius 3 is 2.33 bits per heavy atom. The van der Waals surface area contributed by atoms with E-state index in [1.165, 1.54) is 0 Å². The number of hydrogen-bond acceptors (Lipinski definition) is 2. The Morgan fingerprint density at radius 1 is 1.00 bits per heavy atom. The maximum atomic E-state index is 13.1. The van der Waals surface area contributed by atoms with Crippen LogP contribution in [0.25, 0.3) is 11.5 Å². The third-order valence-corrected chi connectivity index (χ3v) is 4.49. The van der Waals surface area contributed by atoms with Crippen LogP contribution in [0.15, 0.2) is 54.9 Å². The molecule has 0 atom stereocenters. The molecular formula is C19H20N4O. The molecule has 122 valence electrons. The first-order chi connectivity index (χ1) is 11.8. The molecule has 5 nitrogen and oxygen atoms in total. The summed E-state index contributed by atoms with van der Waals surface area (Å²) in [6.07, 6.45) is 6.07. The summed E-state index contributed by atoms with van der Waals surface area (Å²) < 4.78 is 3.83. The van der Waals surface area contributed by atoms with Crippen LogP contribution in [0.5, 0.6) is 0 Å². The number of rotatable bonds is 3. The maximum absolute atomic E-state index is 13.1. The molecule has 3 heterocycles. The van der Waals surface area contributed by atoms with Crippen molar-refractivity contribution in [1.29, 1.82) is 0 Å². The monoisotopic (exact) mass is 320 g/mol. The Kier molecular flexibility index (Phi) is 3.69. The van der Waals surface area contributed by atoms with Crippen molar-refractivity contribution in [3.63, 3.8) is 0 Å². The molecule has 1 amide bonds. The molecular weight excluding hydrogens is 300 g/mol. The molecule has 0 aliphatic carbocycles. The standard InChI is InChI=1S/C19H20N4O/c1-15-17(19(24)22-13-7-8-14-22)18(21-11-5-6-12-21)23(20-15)16-9-3-2-4-10-16/h2-6,9-12H,7-8,13-14H2,1H3. The molecule has 4 rings (SSSR count). The highest BCUT2D eigenvalue weighted by Gasteiger charge is 2.28. The minimum Gasteiger partial charge on any atom is -0.338 e. The number of carbonyl (C=O) groups is 1. The van der Waals surface area contributed by atoms with E-state index in [1.807, 2.05) is 75.9 Å². The zero-order valence-corrected chi connectivity index (χ0v) is 13.7. The summed E-state index contributed by atoms with van der Waals surface area (Å²) in [4.78, 5) is 15.0. The van der Waals surface area contributed by atoms with Gasteiger partial charge in [-0.1, -0.05) is 18.2 Å². The summed E-state index contributed by atoms with van der Waals surface area (Å²) in [5.74, 6) is 0.886. The number of benzene rings is 1. The van der Waals surface area contributed by atoms with Gasteiger partial charge in [0.05, 0.1) is 11.4 Å². The summed E-state index contributed by atoms with van der Waals surface area (Å²) in [6, 6.07) is 13.9. The number of para-hydroxylation sites is 1. The normalized spacial score (nSPS) is 14.3. The van der Waals surface area contributed by atoms with Crippen LogP contribution in [0, 0.1) is 6.92 Å². The van der Waals surface area contributed by atoms with E-state index in [0.717, 1.165) is 43.1 Å². The summed E-state index contributed by atoms with van der Waals surface area (Å²) in [7, 11) is 0. The summed E-state index contributed by atoms with van der Waals surface area (Å²) >= 11 is 0. The number of aromatic nitrogens is 3. The van der Waals surface area contributed by atoms with Crippen molar-refractivity contribution in [2.75, 3.05) is 13.1 Å². The number of likely N-dealkylation sites (tertiary alicyclic amines) is 1. The molecule has 5 heteroatoms. The molecule has 1 aliphatic heterocycles. The van der Waals surface area contributed by atoms with Gasteiger partial charge in [0.25, 0.3) is 5.91 Å². The lowest BCUT2D eigenvalue weighted by Crippen LogP contribution is -2.29. The predicted molar refractivity (Wildman–Crippen MR) is 92.8 cm³/mol. The van der Waals surface area contributed by atoms with Crippen molar-refractivity contribution >= 4 is 5.91 Å². The molecule has 1 saturated heterocycles. The average molecular weight is 320 g/mol. The molecule has 1 aliphatic rings. The van der Waals surface area contributed by atoms with Crippen molar-refractivity contribution in [3.8, 4) is 11.5 Å². The molecule has 0 unspecified atom stereocenters. The quantitative estimate of drug-likeness (QED) is 0.744. The van der Waals surface area contributed by atoms with E-state index in [1.54, 1.807) is 0 Å². The third-order valence-electron chi connectivity index (χ3n) is 4.49. The second-order valence-electron chi connectivity index (χ2n) is 6.12. The van der Waals surface area contributed by atoms with Gasteiger partial charge in [-0.2, -0.15) is 5.10 Å². The molecule has 24 heavy (non-hydrogen) atoms. The molecule has 0 saturated carbocycles. The van der Waals surface area contributed by atoms with E-state index in [2.05, 4.69) is 5.10 Å². The van der Waals surface area contributed by atoms with Crippen LogP contribution in [0.2, 0.25) is 0 Å². The van der Waals surface area contributed by atoms with Crippen molar-refractivity contribution in [2.24, 2.45) is 0 Å². The van der Waals surface area contributed by atoms with Crippen LogP contribution >= 0.6 is 0 Å². The van der Waals surface area contributed by atoms with Crippen LogP contribution in [-0.2, 0) is 0 Å². The van der Waals surface area contributed by atoms with Crippen molar-refractivity contribution in [2.45, 2.75) is 19.8 Å². The van der Waals surface area contributed by atoms with E-state index < -0.39 is 0 Å². The van der Waals surface area contributed by atoms with Crippen LogP contribution in [0.1, 0.15) is 28.9 Å². The van der Waals surface area contributed by atoms with E-state index in [4.69, 9.17) is 0 Å². The highest BCUT2D eigenvalue weighted by atomic mass is 16.2. The molecule has 1 fully saturated rings. The Bertz CT molecular complexity index is 843. The largest absolute Gasteiger partial charge is 0.338 e. The van der Waals surface area contributed by atoms with Crippen LogP contribution < -0.4 is 0 Å². The number of nitrogens with zero attached hydrogens (tertiary/aromatic N) is 4. The second kappa shape index (κ2) is 6.00. The van der Waals surface area contributed by atoms with E-state index in [9.17, 15) is 4.79 Å². The molecule has 0 N–H and O–H groups in total. The van der Waals surface area contributed by atoms with Gasteiger partial charge in [0.2, 0.25) is 0 Å². The number of aryl methyl sites for hydroxylation is 1. The number of carbonyl (C=O) groups excluding carboxylic acids is 1. The fraction of sp³-hybridized carbons (Fsp3) is 0.263. The summed E-state index contributed by atoms with van der Waals surface area (Å²) in [5, 5.41) is 4.68. The third kappa shape index (κ3) is 2.42. The molecule has 0 bridgehead atoms. The Morgan fingerprint density at radius 2 is 1.67 bits per heavy atom. The van der Waals surface area contributed by atoms with Crippen LogP contribution in [-0.4, -0.2) is 38.2 Å². The van der Waals surface area contributed by atoms with Crippen LogP contribution in [0.4, 0.5) is 0 Å². The molecule has 0 spiro atoms. The van der Waals surface area contributed by atoms with E-state index >= 15 is 0 Å². The maximum Gasteiger partial charge on any atom is 0.259 e. The fourth-order valence-corrected chi connectivity index (χ4v) is 3.31. The number of amides is 1. The van der Waals surface area contributed by atoms with Crippen LogP contribution in [0.3, 0.4) is 0 Å². The SMILES string of the molecule is Cc1nn(-c2ccccc2)c(-n2cccc2)c1C(=O)N1CCCC1. The first kappa shape index (κ1) is 14.8. The van der Waals surface area contributed by atoms with Gasteiger partial charge in [0.15, 0.2) is 5.82 Å². The van der Waals surface area contributed by atoms with Gasteiger partial charge >= 0.3 is 0 Å². The minimum atomic E-state index is 0.0795. The van der Waals surface area contributed by atoms with Crippen molar-refractivity contribution in [3.05, 3.63) is 66.1 Å².